The van der Waals surface area contributed by atoms with Gasteiger partial charge in [-0.3, -0.25) is 4.68 Å². The van der Waals surface area contributed by atoms with Gasteiger partial charge in [-0.25, -0.2) is 0 Å². The molecular formula is C4H8N4. The summed E-state index contributed by atoms with van der Waals surface area (Å²) in [5.41, 5.74) is 6.07. The zero-order valence-electron chi connectivity index (χ0n) is 4.70. The Hall–Kier alpha value is -0.900. The van der Waals surface area contributed by atoms with Crippen molar-refractivity contribution in [2.45, 2.75) is 6.54 Å². The molecule has 2 N–H and O–H groups in total. The van der Waals surface area contributed by atoms with Crippen molar-refractivity contribution in [1.29, 1.82) is 0 Å². The molecule has 0 aliphatic carbocycles. The molecule has 0 saturated heterocycles. The van der Waals surface area contributed by atoms with E-state index in [1.54, 1.807) is 10.9 Å². The topological polar surface area (TPSA) is 56.7 Å². The molecule has 44 valence electrons. The van der Waals surface area contributed by atoms with Crippen molar-refractivity contribution in [3.05, 3.63) is 11.9 Å². The number of nitrogens with two attached hydrogens (primary N) is 1. The molecule has 1 aromatic rings. The third-order valence-corrected chi connectivity index (χ3v) is 0.859. The molecule has 1 heterocycles. The number of aryl methyl sites for hydroxylation is 1. The van der Waals surface area contributed by atoms with Crippen molar-refractivity contribution in [3.63, 3.8) is 0 Å². The maximum Gasteiger partial charge on any atom is 0.0962 e. The third-order valence-electron chi connectivity index (χ3n) is 0.859. The van der Waals surface area contributed by atoms with E-state index < -0.39 is 0 Å². The average Bonchev–Trinajstić information content (AvgIpc) is 2.14. The van der Waals surface area contributed by atoms with E-state index in [1.807, 2.05) is 7.05 Å². The second-order valence-electron chi connectivity index (χ2n) is 1.59. The predicted molar refractivity (Wildman–Crippen MR) is 28.9 cm³/mol. The van der Waals surface area contributed by atoms with Crippen LogP contribution in [0.25, 0.3) is 0 Å². The van der Waals surface area contributed by atoms with Crippen LogP contribution < -0.4 is 5.73 Å². The van der Waals surface area contributed by atoms with Crippen LogP contribution in [-0.4, -0.2) is 15.0 Å². The van der Waals surface area contributed by atoms with E-state index in [0.29, 0.717) is 6.54 Å². The van der Waals surface area contributed by atoms with Crippen molar-refractivity contribution in [1.82, 2.24) is 15.0 Å². The molecule has 0 fully saturated rings. The SMILES string of the molecule is Cn1cc(CN)nn1. The van der Waals surface area contributed by atoms with E-state index in [9.17, 15) is 0 Å². The Morgan fingerprint density at radius 1 is 1.88 bits per heavy atom. The Morgan fingerprint density at radius 3 is 2.88 bits per heavy atom. The van der Waals surface area contributed by atoms with Crippen LogP contribution in [0, 0.1) is 0 Å². The summed E-state index contributed by atoms with van der Waals surface area (Å²) < 4.78 is 1.63. The van der Waals surface area contributed by atoms with E-state index in [4.69, 9.17) is 5.73 Å². The number of hydrogen-bond acceptors (Lipinski definition) is 3. The van der Waals surface area contributed by atoms with E-state index >= 15 is 0 Å². The summed E-state index contributed by atoms with van der Waals surface area (Å²) in [5, 5.41) is 7.40. The van der Waals surface area contributed by atoms with Crippen molar-refractivity contribution < 1.29 is 0 Å². The first-order chi connectivity index (χ1) is 3.83. The Labute approximate surface area is 47.3 Å². The maximum absolute atomic E-state index is 5.25. The number of aromatic nitrogens is 3. The Bertz CT molecular complexity index is 168. The van der Waals surface area contributed by atoms with Crippen molar-refractivity contribution in [2.75, 3.05) is 0 Å². The van der Waals surface area contributed by atoms with Gasteiger partial charge in [0.2, 0.25) is 0 Å². The highest BCUT2D eigenvalue weighted by molar-refractivity contribution is 4.89. The first-order valence-corrected chi connectivity index (χ1v) is 2.38. The quantitative estimate of drug-likeness (QED) is 0.521. The van der Waals surface area contributed by atoms with Crippen molar-refractivity contribution in [3.8, 4) is 0 Å². The number of hydrogen-bond donors (Lipinski definition) is 1. The molecule has 0 aliphatic rings. The van der Waals surface area contributed by atoms with Gasteiger partial charge in [-0.2, -0.15) is 0 Å². The molecular weight excluding hydrogens is 104 g/mol. The fourth-order valence-electron chi connectivity index (χ4n) is 0.489. The lowest BCUT2D eigenvalue weighted by atomic mass is 10.5. The van der Waals surface area contributed by atoms with Crippen LogP contribution in [0.15, 0.2) is 6.20 Å². The minimum absolute atomic E-state index is 0.466. The molecule has 0 aliphatic heterocycles. The van der Waals surface area contributed by atoms with Crippen LogP contribution in [0.2, 0.25) is 0 Å². The van der Waals surface area contributed by atoms with E-state index in [1.165, 1.54) is 0 Å². The summed E-state index contributed by atoms with van der Waals surface area (Å²) in [6.07, 6.45) is 1.79. The summed E-state index contributed by atoms with van der Waals surface area (Å²) in [4.78, 5) is 0. The fraction of sp³-hybridized carbons (Fsp3) is 0.500. The Morgan fingerprint density at radius 2 is 2.62 bits per heavy atom. The van der Waals surface area contributed by atoms with Crippen LogP contribution in [0.5, 0.6) is 0 Å². The van der Waals surface area contributed by atoms with Gasteiger partial charge in [-0.1, -0.05) is 5.21 Å². The first-order valence-electron chi connectivity index (χ1n) is 2.38. The van der Waals surface area contributed by atoms with Gasteiger partial charge in [0.05, 0.1) is 5.69 Å². The number of rotatable bonds is 1. The minimum atomic E-state index is 0.466. The molecule has 1 rings (SSSR count). The Balaban J connectivity index is 2.84. The molecule has 0 amide bonds. The fourth-order valence-corrected chi connectivity index (χ4v) is 0.489. The minimum Gasteiger partial charge on any atom is -0.325 e. The maximum atomic E-state index is 5.25. The Kier molecular flexibility index (Phi) is 1.26. The first kappa shape index (κ1) is 5.24. The average molecular weight is 112 g/mol. The van der Waals surface area contributed by atoms with Crippen LogP contribution >= 0.6 is 0 Å². The summed E-state index contributed by atoms with van der Waals surface area (Å²) in [6.45, 7) is 0.466. The van der Waals surface area contributed by atoms with Gasteiger partial charge in [0.25, 0.3) is 0 Å². The molecule has 4 heteroatoms. The summed E-state index contributed by atoms with van der Waals surface area (Å²) >= 11 is 0. The molecule has 0 spiro atoms. The molecule has 1 aromatic heterocycles. The van der Waals surface area contributed by atoms with Gasteiger partial charge in [0.1, 0.15) is 0 Å². The molecule has 0 saturated carbocycles. The smallest absolute Gasteiger partial charge is 0.0962 e. The summed E-state index contributed by atoms with van der Waals surface area (Å²) in [6, 6.07) is 0. The van der Waals surface area contributed by atoms with Gasteiger partial charge >= 0.3 is 0 Å². The normalized spacial score (nSPS) is 9.75. The van der Waals surface area contributed by atoms with Crippen molar-refractivity contribution in [2.24, 2.45) is 12.8 Å². The van der Waals surface area contributed by atoms with Crippen LogP contribution in [0.4, 0.5) is 0 Å². The molecule has 0 bridgehead atoms. The van der Waals surface area contributed by atoms with E-state index in [2.05, 4.69) is 10.3 Å². The highest BCUT2D eigenvalue weighted by Crippen LogP contribution is 1.85. The van der Waals surface area contributed by atoms with Crippen LogP contribution in [-0.2, 0) is 13.6 Å². The molecule has 0 radical (unpaired) electrons. The third kappa shape index (κ3) is 0.840. The standard InChI is InChI=1S/C4H8N4/c1-8-3-4(2-5)6-7-8/h3H,2,5H2,1H3. The lowest BCUT2D eigenvalue weighted by molar-refractivity contribution is 0.713. The zero-order chi connectivity index (χ0) is 5.98. The van der Waals surface area contributed by atoms with Crippen LogP contribution in [0.3, 0.4) is 0 Å². The zero-order valence-corrected chi connectivity index (χ0v) is 4.70. The highest BCUT2D eigenvalue weighted by Gasteiger charge is 1.90. The van der Waals surface area contributed by atoms with Gasteiger partial charge in [-0.15, -0.1) is 5.10 Å². The lowest BCUT2D eigenvalue weighted by Crippen LogP contribution is -1.95. The molecule has 8 heavy (non-hydrogen) atoms. The predicted octanol–water partition coefficient (Wildman–Crippen LogP) is -0.726. The van der Waals surface area contributed by atoms with E-state index in [-0.39, 0.29) is 0 Å². The molecule has 0 aromatic carbocycles. The molecule has 4 nitrogen and oxygen atoms in total. The van der Waals surface area contributed by atoms with Gasteiger partial charge < -0.3 is 5.73 Å². The monoisotopic (exact) mass is 112 g/mol. The lowest BCUT2D eigenvalue weighted by Gasteiger charge is -1.79. The van der Waals surface area contributed by atoms with Crippen molar-refractivity contribution >= 4 is 0 Å². The largest absolute Gasteiger partial charge is 0.325 e. The highest BCUT2D eigenvalue weighted by atomic mass is 15.4. The molecule has 0 unspecified atom stereocenters. The number of nitrogens with zero attached hydrogens (tertiary/aromatic N) is 3. The van der Waals surface area contributed by atoms with Gasteiger partial charge in [0.15, 0.2) is 0 Å². The van der Waals surface area contributed by atoms with Gasteiger partial charge in [0, 0.05) is 19.8 Å². The van der Waals surface area contributed by atoms with E-state index in [0.717, 1.165) is 5.69 Å². The van der Waals surface area contributed by atoms with Gasteiger partial charge in [-0.05, 0) is 0 Å². The molecule has 0 atom stereocenters. The van der Waals surface area contributed by atoms with Crippen LogP contribution in [0.1, 0.15) is 5.69 Å². The summed E-state index contributed by atoms with van der Waals surface area (Å²) in [7, 11) is 1.81. The summed E-state index contributed by atoms with van der Waals surface area (Å²) in [5.74, 6) is 0. The second-order valence-corrected chi connectivity index (χ2v) is 1.59. The second kappa shape index (κ2) is 1.92.